The minimum absolute atomic E-state index is 0. The topological polar surface area (TPSA) is 0 Å². The monoisotopic (exact) mass is 661 g/mol. The largest absolute Gasteiger partial charge is 2.00 e. The van der Waals surface area contributed by atoms with E-state index in [1.165, 1.54) is 0 Å². The van der Waals surface area contributed by atoms with E-state index in [0.29, 0.717) is 20.6 Å². The Morgan fingerprint density at radius 1 is 0.452 bits per heavy atom. The molecule has 0 amide bonds. The van der Waals surface area contributed by atoms with Gasteiger partial charge in [0.2, 0.25) is 0 Å². The van der Waals surface area contributed by atoms with Crippen molar-refractivity contribution in [1.29, 1.82) is 0 Å². The van der Waals surface area contributed by atoms with Crippen LogP contribution in [0.15, 0.2) is 0 Å². The maximum absolute atomic E-state index is 2.36. The molecule has 2 aliphatic rings. The first-order chi connectivity index (χ1) is 12.5. The molecule has 2 saturated carbocycles. The molecule has 0 N–H and O–H groups in total. The third kappa shape index (κ3) is 12.8. The molecular formula is C26H44ClP2PdRu+3. The minimum Gasteiger partial charge on any atom is -1.00 e. The number of hydrogen-bond donors (Lipinski definition) is 0. The van der Waals surface area contributed by atoms with Crippen molar-refractivity contribution in [3.63, 3.8) is 0 Å². The molecule has 0 aliphatic heterocycles. The van der Waals surface area contributed by atoms with Crippen molar-refractivity contribution < 1.29 is 52.3 Å². The normalized spacial score (nSPS) is 18.8. The van der Waals surface area contributed by atoms with Crippen LogP contribution in [0.5, 0.6) is 0 Å². The Balaban J connectivity index is -0.000000461. The van der Waals surface area contributed by atoms with Gasteiger partial charge in [0.05, 0.1) is 0 Å². The fraction of sp³-hybridized carbons (Fsp3) is 0.615. The summed E-state index contributed by atoms with van der Waals surface area (Å²) in [6.45, 7) is 28.3. The Hall–Kier alpha value is 2.44. The summed E-state index contributed by atoms with van der Waals surface area (Å²) in [5.74, 6) is 0. The molecule has 180 valence electrons. The smallest absolute Gasteiger partial charge is 1.00 e. The van der Waals surface area contributed by atoms with Gasteiger partial charge in [0.1, 0.15) is 0 Å². The molecule has 10 radical (unpaired) electrons. The summed E-state index contributed by atoms with van der Waals surface area (Å²) in [6.07, 6.45) is 17.7. The Labute approximate surface area is 233 Å². The second kappa shape index (κ2) is 14.9. The van der Waals surface area contributed by atoms with Crippen molar-refractivity contribution >= 4 is 15.8 Å². The molecule has 0 nitrogen and oxygen atoms in total. The van der Waals surface area contributed by atoms with Gasteiger partial charge in [-0.3, -0.25) is 0 Å². The van der Waals surface area contributed by atoms with Gasteiger partial charge in [-0.2, -0.15) is 0 Å². The molecule has 0 saturated heterocycles. The van der Waals surface area contributed by atoms with E-state index in [9.17, 15) is 0 Å². The molecule has 2 rings (SSSR count). The van der Waals surface area contributed by atoms with Gasteiger partial charge in [0.25, 0.3) is 0 Å². The summed E-state index contributed by atoms with van der Waals surface area (Å²) in [5, 5.41) is 1.56. The Bertz CT molecular complexity index is 388. The van der Waals surface area contributed by atoms with Gasteiger partial charge in [-0.15, -0.1) is 0 Å². The molecule has 0 aromatic carbocycles. The zero-order chi connectivity index (χ0) is 22.0. The maximum atomic E-state index is 2.36. The quantitative estimate of drug-likeness (QED) is 0.257. The van der Waals surface area contributed by atoms with Crippen molar-refractivity contribution in [3.8, 4) is 0 Å². The predicted molar refractivity (Wildman–Crippen MR) is 134 cm³/mol. The first-order valence-electron chi connectivity index (χ1n) is 10.5. The van der Waals surface area contributed by atoms with Crippen LogP contribution in [0.25, 0.3) is 0 Å². The van der Waals surface area contributed by atoms with Crippen LogP contribution in [0, 0.1) is 62.7 Å². The standard InChI is InChI=1S/2C13H22P.ClH.Pd.Ru/c2*1-12(2,3)14(13(4,5)6)11-9-7-8-10-11;;;/h2*7-10H,1-6H3;1H;;/q;;;2*+2/p-1. The van der Waals surface area contributed by atoms with Gasteiger partial charge in [0, 0.05) is 11.3 Å². The Kier molecular flexibility index (Phi) is 18.2. The SMILES string of the molecule is CC(C)(C)P([C]1[CH][CH][CH][CH]1)C(C)(C)C.CC(C)(C)P([C]1[CH][CH][CH][CH]1)C(C)(C)C.[Cl-].[Pd+2].[Ru+2]. The summed E-state index contributed by atoms with van der Waals surface area (Å²) in [7, 11) is -0.202. The van der Waals surface area contributed by atoms with E-state index in [-0.39, 0.29) is 68.2 Å². The molecule has 0 aromatic rings. The fourth-order valence-corrected chi connectivity index (χ4v) is 12.7. The molecule has 2 aliphatic carbocycles. The van der Waals surface area contributed by atoms with Gasteiger partial charge in [0.15, 0.2) is 0 Å². The second-order valence-corrected chi connectivity index (χ2v) is 19.4. The van der Waals surface area contributed by atoms with Gasteiger partial charge in [-0.05, 0) is 72.0 Å². The molecule has 0 aromatic heterocycles. The molecule has 5 heteroatoms. The van der Waals surface area contributed by atoms with Crippen LogP contribution in [-0.4, -0.2) is 20.6 Å². The van der Waals surface area contributed by atoms with E-state index in [1.807, 2.05) is 0 Å². The number of hydrogen-bond acceptors (Lipinski definition) is 0. The minimum atomic E-state index is -0.101. The van der Waals surface area contributed by atoms with Crippen LogP contribution < -0.4 is 12.4 Å². The molecular weight excluding hydrogens is 617 g/mol. The molecule has 0 bridgehead atoms. The van der Waals surface area contributed by atoms with Crippen LogP contribution in [0.2, 0.25) is 0 Å². The molecule has 2 fully saturated rings. The number of rotatable bonds is 2. The van der Waals surface area contributed by atoms with Crippen molar-refractivity contribution in [2.75, 3.05) is 0 Å². The summed E-state index contributed by atoms with van der Waals surface area (Å²) in [6, 6.07) is 0. The molecule has 0 heterocycles. The maximum Gasteiger partial charge on any atom is 2.00 e. The molecule has 31 heavy (non-hydrogen) atoms. The first-order valence-corrected chi connectivity index (χ1v) is 13.2. The average Bonchev–Trinajstić information content (AvgIpc) is 3.06. The van der Waals surface area contributed by atoms with E-state index in [2.05, 4.69) is 134 Å². The van der Waals surface area contributed by atoms with Crippen molar-refractivity contribution in [2.45, 2.75) is 104 Å². The summed E-state index contributed by atoms with van der Waals surface area (Å²) < 4.78 is 0. The van der Waals surface area contributed by atoms with Crippen LogP contribution >= 0.6 is 15.8 Å². The van der Waals surface area contributed by atoms with E-state index in [0.717, 1.165) is 0 Å². The second-order valence-electron chi connectivity index (χ2n) is 11.6. The van der Waals surface area contributed by atoms with Crippen molar-refractivity contribution in [2.24, 2.45) is 0 Å². The van der Waals surface area contributed by atoms with Crippen LogP contribution in [0.4, 0.5) is 0 Å². The average molecular weight is 662 g/mol. The Morgan fingerprint density at radius 2 is 0.613 bits per heavy atom. The van der Waals surface area contributed by atoms with Gasteiger partial charge >= 0.3 is 39.9 Å². The van der Waals surface area contributed by atoms with E-state index in [1.54, 1.807) is 11.3 Å². The van der Waals surface area contributed by atoms with Crippen LogP contribution in [0.1, 0.15) is 83.1 Å². The van der Waals surface area contributed by atoms with Crippen LogP contribution in [-0.2, 0) is 39.9 Å². The molecule has 0 unspecified atom stereocenters. The van der Waals surface area contributed by atoms with E-state index >= 15 is 0 Å². The third-order valence-corrected chi connectivity index (χ3v) is 11.5. The van der Waals surface area contributed by atoms with Gasteiger partial charge in [-0.1, -0.05) is 98.9 Å². The summed E-state index contributed by atoms with van der Waals surface area (Å²) in [5.41, 5.74) is 3.08. The summed E-state index contributed by atoms with van der Waals surface area (Å²) in [4.78, 5) is 0. The first kappa shape index (κ1) is 38.0. The van der Waals surface area contributed by atoms with E-state index in [4.69, 9.17) is 0 Å². The van der Waals surface area contributed by atoms with Crippen LogP contribution in [0.3, 0.4) is 0 Å². The third-order valence-electron chi connectivity index (χ3n) is 4.49. The van der Waals surface area contributed by atoms with Crippen molar-refractivity contribution in [3.05, 3.63) is 62.7 Å². The fourth-order valence-electron chi connectivity index (χ4n) is 4.59. The van der Waals surface area contributed by atoms with Gasteiger partial charge < -0.3 is 12.4 Å². The molecule has 0 spiro atoms. The zero-order valence-electron chi connectivity index (χ0n) is 21.6. The molecule has 0 atom stereocenters. The van der Waals surface area contributed by atoms with E-state index < -0.39 is 0 Å². The zero-order valence-corrected chi connectivity index (χ0v) is 27.4. The predicted octanol–water partition coefficient (Wildman–Crippen LogP) is 5.86. The number of halogens is 1. The Morgan fingerprint density at radius 3 is 0.742 bits per heavy atom. The summed E-state index contributed by atoms with van der Waals surface area (Å²) >= 11 is 0. The van der Waals surface area contributed by atoms with Crippen molar-refractivity contribution in [1.82, 2.24) is 0 Å². The van der Waals surface area contributed by atoms with Gasteiger partial charge in [-0.25, -0.2) is 0 Å².